The Morgan fingerprint density at radius 2 is 1.86 bits per heavy atom. The van der Waals surface area contributed by atoms with Gasteiger partial charge in [-0.3, -0.25) is 9.78 Å². The van der Waals surface area contributed by atoms with Gasteiger partial charge >= 0.3 is 0 Å². The Morgan fingerprint density at radius 3 is 2.52 bits per heavy atom. The van der Waals surface area contributed by atoms with Gasteiger partial charge in [0.1, 0.15) is 0 Å². The van der Waals surface area contributed by atoms with Crippen molar-refractivity contribution in [2.24, 2.45) is 0 Å². The highest BCUT2D eigenvalue weighted by Gasteiger charge is 2.31. The maximum atomic E-state index is 13.8. The van der Waals surface area contributed by atoms with Crippen molar-refractivity contribution in [1.29, 1.82) is 0 Å². The molecule has 152 valence electrons. The average molecular weight is 430 g/mol. The Hall–Kier alpha value is -2.04. The van der Waals surface area contributed by atoms with Gasteiger partial charge in [0.2, 0.25) is 0 Å². The number of anilines is 1. The lowest BCUT2D eigenvalue weighted by Gasteiger charge is -2.35. The average Bonchev–Trinajstić information content (AvgIpc) is 3.06. The summed E-state index contributed by atoms with van der Waals surface area (Å²) < 4.78 is 2.18. The quantitative estimate of drug-likeness (QED) is 0.465. The minimum atomic E-state index is -0.0599. The Bertz CT molecular complexity index is 1030. The topological polar surface area (TPSA) is 38.1 Å². The summed E-state index contributed by atoms with van der Waals surface area (Å²) in [5.74, 6) is -0.0599. The highest BCUT2D eigenvalue weighted by molar-refractivity contribution is 6.40. The van der Waals surface area contributed by atoms with E-state index in [1.807, 2.05) is 23.1 Å². The molecule has 4 nitrogen and oxygen atoms in total. The largest absolute Gasteiger partial charge is 0.347 e. The number of benzene rings is 1. The van der Waals surface area contributed by atoms with E-state index in [0.29, 0.717) is 21.3 Å². The number of hydrogen-bond acceptors (Lipinski definition) is 2. The Labute approximate surface area is 181 Å². The van der Waals surface area contributed by atoms with Crippen LogP contribution in [0.1, 0.15) is 54.9 Å². The van der Waals surface area contributed by atoms with Gasteiger partial charge in [-0.1, -0.05) is 48.5 Å². The highest BCUT2D eigenvalue weighted by Crippen LogP contribution is 2.38. The summed E-state index contributed by atoms with van der Waals surface area (Å²) in [6.45, 7) is 5.06. The first-order chi connectivity index (χ1) is 14.0. The molecule has 2 heterocycles. The first-order valence-electron chi connectivity index (χ1n) is 10.2. The standard InChI is InChI=1S/C23H25Cl2N3O/c1-3-27-14-15(2)18-10-9-16(11-21(18)27)23(29)28(17-7-5-4-6-8-17)22-19(24)12-26-13-20(22)25/h9-14,17H,3-8H2,1-2H3. The summed E-state index contributed by atoms with van der Waals surface area (Å²) >= 11 is 13.0. The molecule has 29 heavy (non-hydrogen) atoms. The number of aromatic nitrogens is 2. The lowest BCUT2D eigenvalue weighted by atomic mass is 9.93. The normalized spacial score (nSPS) is 15.0. The summed E-state index contributed by atoms with van der Waals surface area (Å²) in [6, 6.07) is 6.03. The second-order valence-electron chi connectivity index (χ2n) is 7.75. The zero-order valence-electron chi connectivity index (χ0n) is 16.8. The molecule has 1 fully saturated rings. The van der Waals surface area contributed by atoms with Crippen molar-refractivity contribution >= 4 is 45.7 Å². The second-order valence-corrected chi connectivity index (χ2v) is 8.56. The number of aryl methyl sites for hydroxylation is 2. The molecule has 0 bridgehead atoms. The predicted molar refractivity (Wildman–Crippen MR) is 120 cm³/mol. The van der Waals surface area contributed by atoms with Crippen LogP contribution in [0, 0.1) is 6.92 Å². The molecule has 0 aliphatic heterocycles. The number of rotatable bonds is 4. The molecule has 1 saturated carbocycles. The minimum Gasteiger partial charge on any atom is -0.347 e. The molecule has 0 saturated heterocycles. The highest BCUT2D eigenvalue weighted by atomic mass is 35.5. The molecular formula is C23H25Cl2N3O. The van der Waals surface area contributed by atoms with Crippen LogP contribution in [-0.4, -0.2) is 21.5 Å². The molecule has 1 aliphatic rings. The van der Waals surface area contributed by atoms with E-state index in [1.54, 1.807) is 12.4 Å². The van der Waals surface area contributed by atoms with Gasteiger partial charge < -0.3 is 9.47 Å². The number of carbonyl (C=O) groups is 1. The number of amides is 1. The van der Waals surface area contributed by atoms with E-state index in [4.69, 9.17) is 23.2 Å². The molecule has 0 unspecified atom stereocenters. The molecule has 0 radical (unpaired) electrons. The lowest BCUT2D eigenvalue weighted by Crippen LogP contribution is -2.42. The molecule has 1 aromatic carbocycles. The first-order valence-corrected chi connectivity index (χ1v) is 11.0. The van der Waals surface area contributed by atoms with Crippen LogP contribution in [0.15, 0.2) is 36.8 Å². The summed E-state index contributed by atoms with van der Waals surface area (Å²) in [7, 11) is 0. The van der Waals surface area contributed by atoms with Gasteiger partial charge in [-0.15, -0.1) is 0 Å². The van der Waals surface area contributed by atoms with Crippen molar-refractivity contribution in [3.8, 4) is 0 Å². The van der Waals surface area contributed by atoms with E-state index >= 15 is 0 Å². The molecule has 3 aromatic rings. The summed E-state index contributed by atoms with van der Waals surface area (Å²) in [5, 5.41) is 1.99. The Balaban J connectivity index is 1.82. The van der Waals surface area contributed by atoms with Gasteiger partial charge in [0, 0.05) is 47.6 Å². The fourth-order valence-electron chi connectivity index (χ4n) is 4.43. The number of fused-ring (bicyclic) bond motifs is 1. The van der Waals surface area contributed by atoms with Gasteiger partial charge in [0.25, 0.3) is 5.91 Å². The van der Waals surface area contributed by atoms with E-state index in [2.05, 4.69) is 29.6 Å². The van der Waals surface area contributed by atoms with Gasteiger partial charge in [-0.25, -0.2) is 0 Å². The van der Waals surface area contributed by atoms with Crippen LogP contribution in [-0.2, 0) is 6.54 Å². The third-order valence-corrected chi connectivity index (χ3v) is 6.45. The van der Waals surface area contributed by atoms with Gasteiger partial charge in [0.15, 0.2) is 0 Å². The van der Waals surface area contributed by atoms with Crippen LogP contribution in [0.5, 0.6) is 0 Å². The zero-order valence-corrected chi connectivity index (χ0v) is 18.3. The summed E-state index contributed by atoms with van der Waals surface area (Å²) in [4.78, 5) is 19.7. The van der Waals surface area contributed by atoms with Crippen LogP contribution in [0.2, 0.25) is 10.0 Å². The number of carbonyl (C=O) groups excluding carboxylic acids is 1. The van der Waals surface area contributed by atoms with Crippen molar-refractivity contribution in [3.63, 3.8) is 0 Å². The molecule has 1 amide bonds. The fourth-order valence-corrected chi connectivity index (χ4v) is 4.98. The minimum absolute atomic E-state index is 0.0599. The van der Waals surface area contributed by atoms with Crippen LogP contribution in [0.4, 0.5) is 5.69 Å². The van der Waals surface area contributed by atoms with E-state index in [1.165, 1.54) is 17.4 Å². The number of hydrogen-bond donors (Lipinski definition) is 0. The molecule has 0 spiro atoms. The monoisotopic (exact) mass is 429 g/mol. The van der Waals surface area contributed by atoms with Crippen LogP contribution < -0.4 is 4.90 Å². The lowest BCUT2D eigenvalue weighted by molar-refractivity contribution is 0.0970. The van der Waals surface area contributed by atoms with Crippen molar-refractivity contribution in [2.45, 2.75) is 58.5 Å². The maximum Gasteiger partial charge on any atom is 0.258 e. The van der Waals surface area contributed by atoms with Crippen molar-refractivity contribution < 1.29 is 4.79 Å². The van der Waals surface area contributed by atoms with Gasteiger partial charge in [0.05, 0.1) is 15.7 Å². The predicted octanol–water partition coefficient (Wildman–Crippen LogP) is 6.65. The van der Waals surface area contributed by atoms with Crippen LogP contribution >= 0.6 is 23.2 Å². The molecule has 2 aromatic heterocycles. The molecule has 0 atom stereocenters. The zero-order chi connectivity index (χ0) is 20.5. The summed E-state index contributed by atoms with van der Waals surface area (Å²) in [6.07, 6.45) is 10.6. The third-order valence-electron chi connectivity index (χ3n) is 5.90. The van der Waals surface area contributed by atoms with Gasteiger partial charge in [-0.2, -0.15) is 0 Å². The van der Waals surface area contributed by atoms with E-state index in [0.717, 1.165) is 37.7 Å². The van der Waals surface area contributed by atoms with Crippen molar-refractivity contribution in [1.82, 2.24) is 9.55 Å². The Kier molecular flexibility index (Phi) is 5.84. The number of pyridine rings is 1. The molecule has 4 rings (SSSR count). The van der Waals surface area contributed by atoms with E-state index in [9.17, 15) is 4.79 Å². The second kappa shape index (κ2) is 8.37. The smallest absolute Gasteiger partial charge is 0.258 e. The number of nitrogens with zero attached hydrogens (tertiary/aromatic N) is 3. The molecule has 6 heteroatoms. The number of halogens is 2. The SMILES string of the molecule is CCn1cc(C)c2ccc(C(=O)N(c3c(Cl)cncc3Cl)C3CCCCC3)cc21. The van der Waals surface area contributed by atoms with Gasteiger partial charge in [-0.05, 0) is 44.4 Å². The van der Waals surface area contributed by atoms with Crippen LogP contribution in [0.25, 0.3) is 10.9 Å². The summed E-state index contributed by atoms with van der Waals surface area (Å²) in [5.41, 5.74) is 3.51. The van der Waals surface area contributed by atoms with Crippen molar-refractivity contribution in [2.75, 3.05) is 4.90 Å². The van der Waals surface area contributed by atoms with E-state index < -0.39 is 0 Å². The first kappa shape index (κ1) is 20.2. The molecular weight excluding hydrogens is 405 g/mol. The third kappa shape index (κ3) is 3.76. The maximum absolute atomic E-state index is 13.8. The molecule has 1 aliphatic carbocycles. The van der Waals surface area contributed by atoms with Crippen molar-refractivity contribution in [3.05, 3.63) is 58.0 Å². The Morgan fingerprint density at radius 1 is 1.17 bits per heavy atom. The fraction of sp³-hybridized carbons (Fsp3) is 0.391. The van der Waals surface area contributed by atoms with E-state index in [-0.39, 0.29) is 11.9 Å². The molecule has 0 N–H and O–H groups in total. The van der Waals surface area contributed by atoms with Crippen LogP contribution in [0.3, 0.4) is 0 Å².